The molecule has 0 aliphatic carbocycles. The number of rotatable bonds is 2. The van der Waals surface area contributed by atoms with E-state index in [9.17, 15) is 5.11 Å². The predicted octanol–water partition coefficient (Wildman–Crippen LogP) is 4.12. The molecule has 0 fully saturated rings. The number of fused-ring (bicyclic) bond motifs is 2. The zero-order valence-electron chi connectivity index (χ0n) is 12.3. The maximum Gasteiger partial charge on any atom is 0.122 e. The van der Waals surface area contributed by atoms with Gasteiger partial charge in [0.15, 0.2) is 0 Å². The molecule has 4 rings (SSSR count). The molecule has 1 heterocycles. The second-order valence-corrected chi connectivity index (χ2v) is 5.90. The molecule has 3 aromatic rings. The molecule has 1 aliphatic heterocycles. The van der Waals surface area contributed by atoms with E-state index in [2.05, 4.69) is 24.3 Å². The predicted molar refractivity (Wildman–Crippen MR) is 88.0 cm³/mol. The summed E-state index contributed by atoms with van der Waals surface area (Å²) in [6, 6.07) is 22.4. The van der Waals surface area contributed by atoms with Crippen molar-refractivity contribution in [2.45, 2.75) is 12.5 Å². The number of hydrogen-bond donors (Lipinski definition) is 1. The third kappa shape index (κ3) is 2.26. The highest BCUT2D eigenvalue weighted by Crippen LogP contribution is 2.35. The Morgan fingerprint density at radius 3 is 2.64 bits per heavy atom. The maximum absolute atomic E-state index is 10.9. The van der Waals surface area contributed by atoms with Crippen molar-refractivity contribution in [2.24, 2.45) is 5.92 Å². The van der Waals surface area contributed by atoms with Gasteiger partial charge in [0.2, 0.25) is 0 Å². The molecule has 110 valence electrons. The van der Waals surface area contributed by atoms with Crippen LogP contribution in [0.4, 0.5) is 0 Å². The summed E-state index contributed by atoms with van der Waals surface area (Å²) in [6.45, 7) is 0.557. The first kappa shape index (κ1) is 13.4. The fourth-order valence-electron chi connectivity index (χ4n) is 3.32. The van der Waals surface area contributed by atoms with E-state index >= 15 is 0 Å². The normalized spacial score (nSPS) is 18.5. The minimum absolute atomic E-state index is 0.0840. The van der Waals surface area contributed by atoms with Crippen LogP contribution in [-0.2, 0) is 6.42 Å². The fourth-order valence-corrected chi connectivity index (χ4v) is 3.32. The SMILES string of the molecule is O[C@@H](c1cccc2ccccc12)[C@@H]1COc2ccccc2C1. The lowest BCUT2D eigenvalue weighted by molar-refractivity contribution is 0.0655. The van der Waals surface area contributed by atoms with Crippen molar-refractivity contribution in [1.29, 1.82) is 0 Å². The summed E-state index contributed by atoms with van der Waals surface area (Å²) < 4.78 is 5.83. The highest BCUT2D eigenvalue weighted by Gasteiger charge is 2.27. The zero-order valence-corrected chi connectivity index (χ0v) is 12.3. The third-order valence-electron chi connectivity index (χ3n) is 4.50. The summed E-state index contributed by atoms with van der Waals surface area (Å²) in [6.07, 6.45) is 0.333. The van der Waals surface area contributed by atoms with E-state index in [-0.39, 0.29) is 5.92 Å². The van der Waals surface area contributed by atoms with Crippen molar-refractivity contribution in [3.63, 3.8) is 0 Å². The number of para-hydroxylation sites is 1. The quantitative estimate of drug-likeness (QED) is 0.769. The summed E-state index contributed by atoms with van der Waals surface area (Å²) >= 11 is 0. The first-order valence-corrected chi connectivity index (χ1v) is 7.69. The molecule has 2 nitrogen and oxygen atoms in total. The zero-order chi connectivity index (χ0) is 14.9. The Hall–Kier alpha value is -2.32. The van der Waals surface area contributed by atoms with E-state index in [4.69, 9.17) is 4.74 Å². The van der Waals surface area contributed by atoms with Gasteiger partial charge in [-0.2, -0.15) is 0 Å². The molecule has 2 atom stereocenters. The average molecular weight is 290 g/mol. The van der Waals surface area contributed by atoms with E-state index < -0.39 is 6.10 Å². The number of hydrogen-bond acceptors (Lipinski definition) is 2. The van der Waals surface area contributed by atoms with Crippen LogP contribution in [0.15, 0.2) is 66.7 Å². The second-order valence-electron chi connectivity index (χ2n) is 5.90. The van der Waals surface area contributed by atoms with Crippen LogP contribution in [0.5, 0.6) is 5.75 Å². The van der Waals surface area contributed by atoms with Gasteiger partial charge in [-0.25, -0.2) is 0 Å². The maximum atomic E-state index is 10.9. The van der Waals surface area contributed by atoms with Crippen LogP contribution in [0.1, 0.15) is 17.2 Å². The highest BCUT2D eigenvalue weighted by atomic mass is 16.5. The molecule has 1 aliphatic rings. The van der Waals surface area contributed by atoms with E-state index in [0.717, 1.165) is 28.5 Å². The fraction of sp³-hybridized carbons (Fsp3) is 0.200. The standard InChI is InChI=1S/C20H18O2/c21-20(16-12-15-7-2-4-11-19(15)22-13-16)18-10-5-8-14-6-1-3-9-17(14)18/h1-11,16,20-21H,12-13H2/t16-,20+/m0/s1. The summed E-state index contributed by atoms with van der Waals surface area (Å²) in [5.41, 5.74) is 2.17. The molecule has 0 spiro atoms. The molecule has 22 heavy (non-hydrogen) atoms. The summed E-state index contributed by atoms with van der Waals surface area (Å²) in [5, 5.41) is 13.2. The van der Waals surface area contributed by atoms with Gasteiger partial charge in [0.1, 0.15) is 5.75 Å². The molecule has 0 bridgehead atoms. The molecule has 0 aromatic heterocycles. The van der Waals surface area contributed by atoms with E-state index in [1.54, 1.807) is 0 Å². The summed E-state index contributed by atoms with van der Waals surface area (Å²) in [4.78, 5) is 0. The Bertz CT molecular complexity index is 804. The first-order valence-electron chi connectivity index (χ1n) is 7.69. The molecule has 0 radical (unpaired) electrons. The third-order valence-corrected chi connectivity index (χ3v) is 4.50. The van der Waals surface area contributed by atoms with Gasteiger partial charge in [0.25, 0.3) is 0 Å². The Kier molecular flexibility index (Phi) is 3.32. The van der Waals surface area contributed by atoms with Gasteiger partial charge < -0.3 is 9.84 Å². The Morgan fingerprint density at radius 1 is 0.909 bits per heavy atom. The molecular formula is C20H18O2. The monoisotopic (exact) mass is 290 g/mol. The second kappa shape index (κ2) is 5.47. The van der Waals surface area contributed by atoms with Gasteiger partial charge >= 0.3 is 0 Å². The van der Waals surface area contributed by atoms with E-state index in [0.29, 0.717) is 6.61 Å². The number of ether oxygens (including phenoxy) is 1. The van der Waals surface area contributed by atoms with E-state index in [1.165, 1.54) is 5.56 Å². The van der Waals surface area contributed by atoms with Crippen LogP contribution < -0.4 is 4.74 Å². The highest BCUT2D eigenvalue weighted by molar-refractivity contribution is 5.86. The lowest BCUT2D eigenvalue weighted by atomic mass is 9.86. The largest absolute Gasteiger partial charge is 0.493 e. The van der Waals surface area contributed by atoms with Crippen molar-refractivity contribution >= 4 is 10.8 Å². The van der Waals surface area contributed by atoms with Crippen molar-refractivity contribution in [2.75, 3.05) is 6.61 Å². The lowest BCUT2D eigenvalue weighted by Crippen LogP contribution is -2.26. The van der Waals surface area contributed by atoms with Crippen LogP contribution in [0.25, 0.3) is 10.8 Å². The molecule has 0 saturated heterocycles. The van der Waals surface area contributed by atoms with Crippen molar-refractivity contribution < 1.29 is 9.84 Å². The summed E-state index contributed by atoms with van der Waals surface area (Å²) in [7, 11) is 0. The van der Waals surface area contributed by atoms with Crippen LogP contribution >= 0.6 is 0 Å². The molecule has 1 N–H and O–H groups in total. The average Bonchev–Trinajstić information content (AvgIpc) is 2.60. The minimum Gasteiger partial charge on any atom is -0.493 e. The Labute approximate surface area is 130 Å². The number of benzene rings is 3. The van der Waals surface area contributed by atoms with Gasteiger partial charge in [0, 0.05) is 5.92 Å². The number of aliphatic hydroxyl groups excluding tert-OH is 1. The topological polar surface area (TPSA) is 29.5 Å². The molecule has 0 saturated carbocycles. The van der Waals surface area contributed by atoms with Crippen LogP contribution in [-0.4, -0.2) is 11.7 Å². The van der Waals surface area contributed by atoms with Gasteiger partial charge in [-0.15, -0.1) is 0 Å². The molecule has 2 heteroatoms. The summed E-state index contributed by atoms with van der Waals surface area (Å²) in [5.74, 6) is 1.03. The van der Waals surface area contributed by atoms with Crippen LogP contribution in [0.3, 0.4) is 0 Å². The minimum atomic E-state index is -0.514. The van der Waals surface area contributed by atoms with E-state index in [1.807, 2.05) is 42.5 Å². The van der Waals surface area contributed by atoms with Crippen molar-refractivity contribution in [3.05, 3.63) is 77.9 Å². The van der Waals surface area contributed by atoms with Gasteiger partial charge in [-0.05, 0) is 34.4 Å². The molecular weight excluding hydrogens is 272 g/mol. The van der Waals surface area contributed by atoms with Gasteiger partial charge in [0.05, 0.1) is 12.7 Å². The molecule has 3 aromatic carbocycles. The van der Waals surface area contributed by atoms with Gasteiger partial charge in [-0.1, -0.05) is 60.7 Å². The van der Waals surface area contributed by atoms with Crippen molar-refractivity contribution in [1.82, 2.24) is 0 Å². The molecule has 0 amide bonds. The molecule has 0 unspecified atom stereocenters. The Morgan fingerprint density at radius 2 is 1.68 bits per heavy atom. The lowest BCUT2D eigenvalue weighted by Gasteiger charge is -2.29. The van der Waals surface area contributed by atoms with Crippen LogP contribution in [0, 0.1) is 5.92 Å². The van der Waals surface area contributed by atoms with Crippen molar-refractivity contribution in [3.8, 4) is 5.75 Å². The number of aliphatic hydroxyl groups is 1. The Balaban J connectivity index is 1.68. The van der Waals surface area contributed by atoms with Crippen LogP contribution in [0.2, 0.25) is 0 Å². The smallest absolute Gasteiger partial charge is 0.122 e. The first-order chi connectivity index (χ1) is 10.8. The van der Waals surface area contributed by atoms with Gasteiger partial charge in [-0.3, -0.25) is 0 Å².